The molecule has 0 atom stereocenters. The predicted octanol–water partition coefficient (Wildman–Crippen LogP) is 1.07. The molecule has 2 aliphatic heterocycles. The largest absolute Gasteiger partial charge is 0.486 e. The van der Waals surface area contributed by atoms with Crippen molar-refractivity contribution >= 4 is 18.0 Å². The van der Waals surface area contributed by atoms with E-state index in [-0.39, 0.29) is 13.3 Å². The van der Waals surface area contributed by atoms with Gasteiger partial charge in [-0.25, -0.2) is 5.43 Å². The third kappa shape index (κ3) is 3.98. The van der Waals surface area contributed by atoms with Crippen molar-refractivity contribution in [2.24, 2.45) is 5.10 Å². The molecule has 2 aromatic carbocycles. The summed E-state index contributed by atoms with van der Waals surface area (Å²) < 4.78 is 21.4. The molecule has 144 valence electrons. The lowest BCUT2D eigenvalue weighted by Crippen LogP contribution is -2.35. The number of amides is 2. The van der Waals surface area contributed by atoms with E-state index >= 15 is 0 Å². The van der Waals surface area contributed by atoms with Gasteiger partial charge in [-0.3, -0.25) is 9.59 Å². The van der Waals surface area contributed by atoms with Gasteiger partial charge in [-0.05, 0) is 42.0 Å². The molecular formula is C19H17N3O6. The molecule has 0 aliphatic carbocycles. The third-order valence-corrected chi connectivity index (χ3v) is 4.01. The predicted molar refractivity (Wildman–Crippen MR) is 98.1 cm³/mol. The van der Waals surface area contributed by atoms with Gasteiger partial charge < -0.3 is 24.3 Å². The van der Waals surface area contributed by atoms with Gasteiger partial charge >= 0.3 is 0 Å². The van der Waals surface area contributed by atoms with Gasteiger partial charge in [-0.15, -0.1) is 0 Å². The van der Waals surface area contributed by atoms with Gasteiger partial charge in [0.1, 0.15) is 13.2 Å². The summed E-state index contributed by atoms with van der Waals surface area (Å²) >= 11 is 0. The second-order valence-corrected chi connectivity index (χ2v) is 5.95. The van der Waals surface area contributed by atoms with E-state index in [0.29, 0.717) is 41.8 Å². The van der Waals surface area contributed by atoms with Gasteiger partial charge in [-0.2, -0.15) is 5.10 Å². The quantitative estimate of drug-likeness (QED) is 0.591. The van der Waals surface area contributed by atoms with Crippen LogP contribution in [0.4, 0.5) is 0 Å². The van der Waals surface area contributed by atoms with Gasteiger partial charge in [0.05, 0.1) is 12.8 Å². The van der Waals surface area contributed by atoms with Crippen LogP contribution in [0.5, 0.6) is 23.0 Å². The standard InChI is InChI=1S/C19H17N3O6/c23-18(22-21-9-12-1-3-15-16(7-12)28-11-27-15)10-20-19(24)13-2-4-14-17(8-13)26-6-5-25-14/h1-4,7-9H,5-6,10-11H2,(H,20,24)(H,22,23)/b21-9+. The summed E-state index contributed by atoms with van der Waals surface area (Å²) in [6.07, 6.45) is 1.47. The molecule has 28 heavy (non-hydrogen) atoms. The molecule has 0 saturated heterocycles. The lowest BCUT2D eigenvalue weighted by molar-refractivity contribution is -0.120. The van der Waals surface area contributed by atoms with Crippen LogP contribution in [-0.4, -0.2) is 44.6 Å². The number of hydrazone groups is 1. The number of benzene rings is 2. The number of rotatable bonds is 5. The summed E-state index contributed by atoms with van der Waals surface area (Å²) in [5.41, 5.74) is 3.47. The lowest BCUT2D eigenvalue weighted by atomic mass is 10.2. The van der Waals surface area contributed by atoms with E-state index in [2.05, 4.69) is 15.8 Å². The average molecular weight is 383 g/mol. The minimum absolute atomic E-state index is 0.190. The van der Waals surface area contributed by atoms with Crippen LogP contribution in [-0.2, 0) is 4.79 Å². The van der Waals surface area contributed by atoms with E-state index in [1.165, 1.54) is 6.21 Å². The van der Waals surface area contributed by atoms with E-state index in [4.69, 9.17) is 18.9 Å². The molecule has 0 fully saturated rings. The van der Waals surface area contributed by atoms with E-state index in [1.54, 1.807) is 36.4 Å². The minimum Gasteiger partial charge on any atom is -0.486 e. The molecule has 0 radical (unpaired) electrons. The first kappa shape index (κ1) is 17.7. The summed E-state index contributed by atoms with van der Waals surface area (Å²) in [7, 11) is 0. The van der Waals surface area contributed by atoms with Crippen LogP contribution >= 0.6 is 0 Å². The topological polar surface area (TPSA) is 107 Å². The SMILES string of the molecule is O=C(CNC(=O)c1ccc2c(c1)OCCO2)N/N=C/c1ccc2c(c1)OCO2. The molecule has 9 nitrogen and oxygen atoms in total. The monoisotopic (exact) mass is 383 g/mol. The highest BCUT2D eigenvalue weighted by atomic mass is 16.7. The summed E-state index contributed by atoms with van der Waals surface area (Å²) in [5.74, 6) is 1.55. The van der Waals surface area contributed by atoms with Gasteiger partial charge in [0.2, 0.25) is 6.79 Å². The molecule has 0 aromatic heterocycles. The van der Waals surface area contributed by atoms with Gasteiger partial charge in [-0.1, -0.05) is 0 Å². The fourth-order valence-electron chi connectivity index (χ4n) is 2.66. The molecule has 2 N–H and O–H groups in total. The molecule has 2 aliphatic rings. The molecule has 0 saturated carbocycles. The van der Waals surface area contributed by atoms with Crippen LogP contribution < -0.4 is 29.7 Å². The fraction of sp³-hybridized carbons (Fsp3) is 0.211. The Balaban J connectivity index is 1.26. The van der Waals surface area contributed by atoms with Crippen molar-refractivity contribution < 1.29 is 28.5 Å². The summed E-state index contributed by atoms with van der Waals surface area (Å²) in [4.78, 5) is 24.0. The van der Waals surface area contributed by atoms with Crippen molar-refractivity contribution in [2.45, 2.75) is 0 Å². The zero-order valence-electron chi connectivity index (χ0n) is 14.8. The molecule has 2 amide bonds. The number of hydrogen-bond acceptors (Lipinski definition) is 7. The molecular weight excluding hydrogens is 366 g/mol. The Bertz CT molecular complexity index is 943. The van der Waals surface area contributed by atoms with Crippen molar-refractivity contribution in [3.05, 3.63) is 47.5 Å². The number of ether oxygens (including phenoxy) is 4. The van der Waals surface area contributed by atoms with E-state index in [1.807, 2.05) is 0 Å². The van der Waals surface area contributed by atoms with E-state index in [0.717, 1.165) is 5.56 Å². The Kier molecular flexibility index (Phi) is 4.96. The van der Waals surface area contributed by atoms with Crippen LogP contribution in [0.2, 0.25) is 0 Å². The second kappa shape index (κ2) is 7.87. The van der Waals surface area contributed by atoms with Gasteiger partial charge in [0.15, 0.2) is 23.0 Å². The maximum Gasteiger partial charge on any atom is 0.259 e. The van der Waals surface area contributed by atoms with Crippen molar-refractivity contribution in [1.82, 2.24) is 10.7 Å². The Morgan fingerprint density at radius 3 is 2.54 bits per heavy atom. The van der Waals surface area contributed by atoms with Crippen molar-refractivity contribution in [3.8, 4) is 23.0 Å². The Labute approximate surface area is 160 Å². The van der Waals surface area contributed by atoms with Crippen LogP contribution in [0.3, 0.4) is 0 Å². The maximum absolute atomic E-state index is 12.2. The van der Waals surface area contributed by atoms with Crippen molar-refractivity contribution in [1.29, 1.82) is 0 Å². The molecule has 2 aromatic rings. The number of nitrogens with one attached hydrogen (secondary N) is 2. The first-order chi connectivity index (χ1) is 13.7. The highest BCUT2D eigenvalue weighted by Crippen LogP contribution is 2.32. The minimum atomic E-state index is -0.456. The van der Waals surface area contributed by atoms with Crippen LogP contribution in [0.25, 0.3) is 0 Å². The first-order valence-corrected chi connectivity index (χ1v) is 8.58. The van der Waals surface area contributed by atoms with Crippen molar-refractivity contribution in [2.75, 3.05) is 26.6 Å². The van der Waals surface area contributed by atoms with Crippen LogP contribution in [0.15, 0.2) is 41.5 Å². The summed E-state index contributed by atoms with van der Waals surface area (Å²) in [6.45, 7) is 0.884. The average Bonchev–Trinajstić information content (AvgIpc) is 3.19. The lowest BCUT2D eigenvalue weighted by Gasteiger charge is -2.18. The van der Waals surface area contributed by atoms with Crippen molar-refractivity contribution in [3.63, 3.8) is 0 Å². The number of fused-ring (bicyclic) bond motifs is 2. The first-order valence-electron chi connectivity index (χ1n) is 8.58. The summed E-state index contributed by atoms with van der Waals surface area (Å²) in [6, 6.07) is 10.2. The van der Waals surface area contributed by atoms with Crippen LogP contribution in [0, 0.1) is 0 Å². The number of carbonyl (C=O) groups excluding carboxylic acids is 2. The Morgan fingerprint density at radius 2 is 1.64 bits per heavy atom. The fourth-order valence-corrected chi connectivity index (χ4v) is 2.66. The second-order valence-electron chi connectivity index (χ2n) is 5.95. The van der Waals surface area contributed by atoms with Gasteiger partial charge in [0, 0.05) is 5.56 Å². The smallest absolute Gasteiger partial charge is 0.259 e. The molecule has 0 bridgehead atoms. The Hall–Kier alpha value is -3.75. The molecule has 9 heteroatoms. The molecule has 0 spiro atoms. The molecule has 0 unspecified atom stereocenters. The van der Waals surface area contributed by atoms with E-state index < -0.39 is 11.8 Å². The molecule has 2 heterocycles. The maximum atomic E-state index is 12.2. The Morgan fingerprint density at radius 1 is 0.929 bits per heavy atom. The molecule has 4 rings (SSSR count). The third-order valence-electron chi connectivity index (χ3n) is 4.01. The normalized spacial score (nSPS) is 14.0. The van der Waals surface area contributed by atoms with E-state index in [9.17, 15) is 9.59 Å². The number of hydrogen-bond donors (Lipinski definition) is 2. The van der Waals surface area contributed by atoms with Gasteiger partial charge in [0.25, 0.3) is 11.8 Å². The number of nitrogens with zero attached hydrogens (tertiary/aromatic N) is 1. The van der Waals surface area contributed by atoms with Crippen LogP contribution in [0.1, 0.15) is 15.9 Å². The highest BCUT2D eigenvalue weighted by molar-refractivity contribution is 5.97. The zero-order valence-corrected chi connectivity index (χ0v) is 14.8. The highest BCUT2D eigenvalue weighted by Gasteiger charge is 2.15. The zero-order chi connectivity index (χ0) is 19.3. The number of carbonyl (C=O) groups is 2. The summed E-state index contributed by atoms with van der Waals surface area (Å²) in [5, 5.41) is 6.40.